The summed E-state index contributed by atoms with van der Waals surface area (Å²) in [4.78, 5) is 34.4. The smallest absolute Gasteiger partial charge is 0.255 e. The van der Waals surface area contributed by atoms with Crippen LogP contribution in [0, 0.1) is 0 Å². The van der Waals surface area contributed by atoms with E-state index >= 15 is 0 Å². The third-order valence-corrected chi connectivity index (χ3v) is 11.2. The van der Waals surface area contributed by atoms with E-state index in [1.807, 2.05) is 194 Å². The predicted molar refractivity (Wildman–Crippen MR) is 282 cm³/mol. The van der Waals surface area contributed by atoms with E-state index in [9.17, 15) is 9.59 Å². The summed E-state index contributed by atoms with van der Waals surface area (Å²) in [6, 6.07) is 53.1. The number of nitrogens with two attached hydrogens (primary N) is 2. The lowest BCUT2D eigenvalue weighted by Gasteiger charge is -2.11. The molecule has 10 rings (SSSR count). The van der Waals surface area contributed by atoms with Crippen LogP contribution >= 0.6 is 0 Å². The van der Waals surface area contributed by atoms with Crippen LogP contribution in [0.15, 0.2) is 207 Å². The number of nitrogens with one attached hydrogen (secondary N) is 6. The van der Waals surface area contributed by atoms with E-state index in [1.54, 1.807) is 36.7 Å². The van der Waals surface area contributed by atoms with E-state index in [-0.39, 0.29) is 36.6 Å². The maximum Gasteiger partial charge on any atom is 0.255 e. The summed E-state index contributed by atoms with van der Waals surface area (Å²) in [6.07, 6.45) is 11.4. The summed E-state index contributed by atoms with van der Waals surface area (Å²) >= 11 is 0. The number of hydrogen-bond donors (Lipinski definition) is 8. The van der Waals surface area contributed by atoms with E-state index in [2.05, 4.69) is 41.9 Å². The monoisotopic (exact) mass is 992 g/mol. The van der Waals surface area contributed by atoms with E-state index in [4.69, 9.17) is 11.5 Å². The number of carbonyl (C=O) groups is 2. The highest BCUT2D eigenvalue weighted by Gasteiger charge is 2.11. The molecule has 0 bridgehead atoms. The van der Waals surface area contributed by atoms with Gasteiger partial charge in [-0.15, -0.1) is 0 Å². The molecule has 14 nitrogen and oxygen atoms in total. The Kier molecular flexibility index (Phi) is 16.4. The fourth-order valence-corrected chi connectivity index (χ4v) is 7.53. The van der Waals surface area contributed by atoms with E-state index in [1.165, 1.54) is 0 Å². The van der Waals surface area contributed by atoms with Crippen molar-refractivity contribution in [3.05, 3.63) is 218 Å². The van der Waals surface area contributed by atoms with Crippen LogP contribution in [-0.4, -0.2) is 21.8 Å². The second kappa shape index (κ2) is 23.4. The molecule has 0 saturated carbocycles. The minimum Gasteiger partial charge on any atom is -1.00 e. The second-order valence-electron chi connectivity index (χ2n) is 16.5. The lowest BCUT2D eigenvalue weighted by molar-refractivity contribution is -0.671. The molecular weight excluding hydrogens is 944 g/mol. The third-order valence-electron chi connectivity index (χ3n) is 11.2. The van der Waals surface area contributed by atoms with Gasteiger partial charge in [0.2, 0.25) is 0 Å². The molecule has 0 radical (unpaired) electrons. The van der Waals surface area contributed by atoms with Crippen molar-refractivity contribution in [1.29, 1.82) is 0 Å². The highest BCUT2D eigenvalue weighted by Crippen LogP contribution is 2.29. The molecule has 360 valence electrons. The molecule has 10 aromatic rings. The molecule has 0 aliphatic rings. The number of anilines is 12. The zero-order valence-electron chi connectivity index (χ0n) is 39.1. The summed E-state index contributed by atoms with van der Waals surface area (Å²) in [5, 5.41) is 21.4. The van der Waals surface area contributed by atoms with Gasteiger partial charge >= 0.3 is 0 Å². The van der Waals surface area contributed by atoms with E-state index in [0.29, 0.717) is 33.9 Å². The van der Waals surface area contributed by atoms with Gasteiger partial charge in [0.15, 0.2) is 24.8 Å². The number of aromatic nitrogens is 4. The van der Waals surface area contributed by atoms with Crippen molar-refractivity contribution in [2.45, 2.75) is 0 Å². The van der Waals surface area contributed by atoms with Crippen molar-refractivity contribution >= 4 is 102 Å². The maximum atomic E-state index is 12.8. The molecule has 16 heteroatoms. The number of fused-ring (bicyclic) bond motifs is 2. The van der Waals surface area contributed by atoms with E-state index in [0.717, 1.165) is 67.3 Å². The molecule has 0 spiro atoms. The lowest BCUT2D eigenvalue weighted by atomic mass is 10.1. The van der Waals surface area contributed by atoms with Crippen molar-refractivity contribution in [3.8, 4) is 0 Å². The van der Waals surface area contributed by atoms with Gasteiger partial charge in [-0.25, -0.2) is 9.13 Å². The number of carbonyl (C=O) groups excluding carboxylic acids is 2. The summed E-state index contributed by atoms with van der Waals surface area (Å²) in [6.45, 7) is 0. The normalized spacial score (nSPS) is 10.4. The number of benzene rings is 6. The van der Waals surface area contributed by atoms with Crippen LogP contribution < -0.4 is 77.3 Å². The summed E-state index contributed by atoms with van der Waals surface area (Å²) in [5.41, 5.74) is 24.6. The Morgan fingerprint density at radius 3 is 1.15 bits per heavy atom. The van der Waals surface area contributed by atoms with Gasteiger partial charge in [-0.3, -0.25) is 19.6 Å². The number of hydrogen-bond acceptors (Lipinski definition) is 10. The molecule has 0 saturated heterocycles. The fraction of sp³-hybridized carbons (Fsp3) is 0.0357. The molecule has 0 fully saturated rings. The first-order chi connectivity index (χ1) is 34.1. The molecule has 72 heavy (non-hydrogen) atoms. The first kappa shape index (κ1) is 50.6. The summed E-state index contributed by atoms with van der Waals surface area (Å²) in [7, 11) is 3.94. The van der Waals surface area contributed by atoms with Crippen molar-refractivity contribution in [2.24, 2.45) is 14.1 Å². The molecule has 0 aliphatic heterocycles. The van der Waals surface area contributed by atoms with E-state index < -0.39 is 0 Å². The van der Waals surface area contributed by atoms with Crippen molar-refractivity contribution in [3.63, 3.8) is 0 Å². The van der Waals surface area contributed by atoms with Gasteiger partial charge in [0, 0.05) is 115 Å². The Balaban J connectivity index is 0.000000206. The van der Waals surface area contributed by atoms with Crippen molar-refractivity contribution < 1.29 is 43.5 Å². The van der Waals surface area contributed by atoms with Gasteiger partial charge in [-0.2, -0.15) is 0 Å². The molecule has 4 aromatic heterocycles. The Bertz CT molecular complexity index is 3240. The SMILES string of the molecule is C[n+]1ccc(Nc2cccc(NC(=O)c3ccc(Nc4ccnc5cc(N)ccc45)cc3)c2)cc1.C[n+]1ccc(Nc2cccc(NC(=O)c3ccc(Nc4ccnc5cc(N)ccc45)cc3)c2)cc1.[Cl-].[Cl-]. The Morgan fingerprint density at radius 2 is 0.764 bits per heavy atom. The second-order valence-corrected chi connectivity index (χ2v) is 16.5. The first-order valence-electron chi connectivity index (χ1n) is 22.4. The van der Waals surface area contributed by atoms with Gasteiger partial charge in [0.1, 0.15) is 14.1 Å². The van der Waals surface area contributed by atoms with Crippen molar-refractivity contribution in [2.75, 3.05) is 43.4 Å². The van der Waals surface area contributed by atoms with Gasteiger partial charge in [-0.1, -0.05) is 12.1 Å². The van der Waals surface area contributed by atoms with Crippen LogP contribution in [0.2, 0.25) is 0 Å². The average molecular weight is 994 g/mol. The number of aryl methyl sites for hydroxylation is 2. The fourth-order valence-electron chi connectivity index (χ4n) is 7.53. The van der Waals surface area contributed by atoms with Crippen LogP contribution in [-0.2, 0) is 14.1 Å². The van der Waals surface area contributed by atoms with Crippen LogP contribution in [0.5, 0.6) is 0 Å². The van der Waals surface area contributed by atoms with Gasteiger partial charge < -0.3 is 68.2 Å². The van der Waals surface area contributed by atoms with Crippen LogP contribution in [0.1, 0.15) is 20.7 Å². The molecule has 10 N–H and O–H groups in total. The number of nitrogens with zero attached hydrogens (tertiary/aromatic N) is 4. The number of nitrogen functional groups attached to an aromatic ring is 2. The molecule has 0 aliphatic carbocycles. The molecule has 6 aromatic carbocycles. The van der Waals surface area contributed by atoms with Crippen LogP contribution in [0.25, 0.3) is 21.8 Å². The molecule has 0 atom stereocenters. The molecule has 4 heterocycles. The predicted octanol–water partition coefficient (Wildman–Crippen LogP) is 4.77. The maximum absolute atomic E-state index is 12.8. The number of pyridine rings is 4. The number of rotatable bonds is 12. The lowest BCUT2D eigenvalue weighted by Crippen LogP contribution is -3.00. The van der Waals surface area contributed by atoms with Gasteiger partial charge in [0.05, 0.1) is 22.4 Å². The topological polar surface area (TPSA) is 192 Å². The van der Waals surface area contributed by atoms with Crippen LogP contribution in [0.3, 0.4) is 0 Å². The average Bonchev–Trinajstić information content (AvgIpc) is 3.36. The zero-order valence-corrected chi connectivity index (χ0v) is 40.7. The summed E-state index contributed by atoms with van der Waals surface area (Å²) in [5.74, 6) is -0.351. The number of amides is 2. The third kappa shape index (κ3) is 13.1. The quantitative estimate of drug-likeness (QED) is 0.0626. The largest absolute Gasteiger partial charge is 1.00 e. The minimum atomic E-state index is -0.176. The Labute approximate surface area is 429 Å². The summed E-state index contributed by atoms with van der Waals surface area (Å²) < 4.78 is 3.94. The first-order valence-corrected chi connectivity index (χ1v) is 22.4. The Morgan fingerprint density at radius 1 is 0.403 bits per heavy atom. The standard InChI is InChI=1S/2C28H24N6O.2ClH/c2*1-34-15-12-22(13-16-34)31-23-3-2-4-24(18-23)33-28(35)19-5-8-21(9-6-19)32-26-11-14-30-27-17-20(29)7-10-25(26)27;;/h2*2-18H,1H3,(H4,29,30,32,33,35);2*1H. The highest BCUT2D eigenvalue weighted by atomic mass is 35.5. The molecule has 0 unspecified atom stereocenters. The van der Waals surface area contributed by atoms with Crippen molar-refractivity contribution in [1.82, 2.24) is 9.97 Å². The van der Waals surface area contributed by atoms with Gasteiger partial charge in [-0.05, 0) is 133 Å². The molecular formula is C56H50Cl2N12O2. The van der Waals surface area contributed by atoms with Crippen LogP contribution in [0.4, 0.5) is 68.2 Å². The highest BCUT2D eigenvalue weighted by molar-refractivity contribution is 6.06. The Hall–Kier alpha value is -9.24. The number of halogens is 2. The zero-order chi connectivity index (χ0) is 48.4. The minimum absolute atomic E-state index is 0. The van der Waals surface area contributed by atoms with Gasteiger partial charge in [0.25, 0.3) is 11.8 Å². The molecule has 2 amide bonds.